The molecule has 0 unspecified atom stereocenters. The van der Waals surface area contributed by atoms with Gasteiger partial charge in [-0.2, -0.15) is 0 Å². The molecular weight excluding hydrogens is 362 g/mol. The molecule has 0 spiro atoms. The lowest BCUT2D eigenvalue weighted by atomic mass is 10.1. The Morgan fingerprint density at radius 1 is 0.923 bits per heavy atom. The van der Waals surface area contributed by atoms with Crippen LogP contribution >= 0.6 is 23.4 Å². The average molecular weight is 380 g/mol. The van der Waals surface area contributed by atoms with Gasteiger partial charge in [0.2, 0.25) is 0 Å². The summed E-state index contributed by atoms with van der Waals surface area (Å²) < 4.78 is 2.12. The Morgan fingerprint density at radius 2 is 1.69 bits per heavy atom. The highest BCUT2D eigenvalue weighted by Crippen LogP contribution is 2.31. The molecule has 1 heterocycles. The van der Waals surface area contributed by atoms with E-state index in [1.807, 2.05) is 24.3 Å². The summed E-state index contributed by atoms with van der Waals surface area (Å²) in [4.78, 5) is 0. The quantitative estimate of drug-likeness (QED) is 0.394. The normalized spacial score (nSPS) is 11.2. The van der Waals surface area contributed by atoms with E-state index in [1.165, 1.54) is 16.3 Å². The van der Waals surface area contributed by atoms with Gasteiger partial charge in [0.1, 0.15) is 0 Å². The van der Waals surface area contributed by atoms with Crippen molar-refractivity contribution in [2.24, 2.45) is 0 Å². The molecule has 0 aliphatic carbocycles. The maximum Gasteiger partial charge on any atom is 0.191 e. The third kappa shape index (κ3) is 3.22. The van der Waals surface area contributed by atoms with Crippen LogP contribution in [0.25, 0.3) is 22.2 Å². The predicted octanol–water partition coefficient (Wildman–Crippen LogP) is 6.06. The van der Waals surface area contributed by atoms with Crippen molar-refractivity contribution < 1.29 is 0 Å². The molecule has 0 saturated carbocycles. The number of hydrogen-bond donors (Lipinski definition) is 0. The van der Waals surface area contributed by atoms with Crippen LogP contribution in [0.5, 0.6) is 0 Å². The zero-order valence-electron chi connectivity index (χ0n) is 14.4. The molecule has 3 aromatic carbocycles. The number of nitrogens with zero attached hydrogens (tertiary/aromatic N) is 3. The Labute approximate surface area is 162 Å². The lowest BCUT2D eigenvalue weighted by Crippen LogP contribution is -2.00. The van der Waals surface area contributed by atoms with Crippen LogP contribution in [0.2, 0.25) is 5.02 Å². The molecule has 26 heavy (non-hydrogen) atoms. The SMILES string of the molecule is CCn1c(SCc2cccc3ccccc23)nnc1-c1ccccc1Cl. The van der Waals surface area contributed by atoms with Gasteiger partial charge >= 0.3 is 0 Å². The first-order chi connectivity index (χ1) is 12.8. The summed E-state index contributed by atoms with van der Waals surface area (Å²) in [5, 5.41) is 13.0. The van der Waals surface area contributed by atoms with Crippen LogP contribution in [0.3, 0.4) is 0 Å². The van der Waals surface area contributed by atoms with Crippen molar-refractivity contribution >= 4 is 34.1 Å². The topological polar surface area (TPSA) is 30.7 Å². The van der Waals surface area contributed by atoms with Crippen LogP contribution in [-0.4, -0.2) is 14.8 Å². The molecule has 0 N–H and O–H groups in total. The molecule has 5 heteroatoms. The molecule has 0 saturated heterocycles. The van der Waals surface area contributed by atoms with Gasteiger partial charge in [0.05, 0.1) is 5.02 Å². The molecule has 0 amide bonds. The van der Waals surface area contributed by atoms with Gasteiger partial charge in [-0.15, -0.1) is 10.2 Å². The molecule has 1 aromatic heterocycles. The Kier molecular flexibility index (Phi) is 4.96. The standard InChI is InChI=1S/C21H18ClN3S/c1-2-25-20(18-12-5-6-13-19(18)22)23-24-21(25)26-14-16-10-7-9-15-8-3-4-11-17(15)16/h3-13H,2,14H2,1H3. The maximum absolute atomic E-state index is 6.35. The van der Waals surface area contributed by atoms with E-state index in [4.69, 9.17) is 11.6 Å². The van der Waals surface area contributed by atoms with Crippen molar-refractivity contribution in [2.75, 3.05) is 0 Å². The number of hydrogen-bond acceptors (Lipinski definition) is 3. The molecule has 4 rings (SSSR count). The highest BCUT2D eigenvalue weighted by molar-refractivity contribution is 7.98. The smallest absolute Gasteiger partial charge is 0.191 e. The summed E-state index contributed by atoms with van der Waals surface area (Å²) in [7, 11) is 0. The van der Waals surface area contributed by atoms with Crippen molar-refractivity contribution in [3.05, 3.63) is 77.3 Å². The van der Waals surface area contributed by atoms with E-state index < -0.39 is 0 Å². The molecule has 3 nitrogen and oxygen atoms in total. The van der Waals surface area contributed by atoms with Gasteiger partial charge in [-0.25, -0.2) is 0 Å². The van der Waals surface area contributed by atoms with Crippen molar-refractivity contribution in [1.29, 1.82) is 0 Å². The summed E-state index contributed by atoms with van der Waals surface area (Å²) in [6, 6.07) is 22.7. The van der Waals surface area contributed by atoms with E-state index in [2.05, 4.69) is 64.2 Å². The number of thioether (sulfide) groups is 1. The number of fused-ring (bicyclic) bond motifs is 1. The Balaban J connectivity index is 1.64. The van der Waals surface area contributed by atoms with Crippen LogP contribution < -0.4 is 0 Å². The molecular formula is C21H18ClN3S. The monoisotopic (exact) mass is 379 g/mol. The van der Waals surface area contributed by atoms with Crippen molar-refractivity contribution in [3.63, 3.8) is 0 Å². The highest BCUT2D eigenvalue weighted by Gasteiger charge is 2.15. The van der Waals surface area contributed by atoms with E-state index in [1.54, 1.807) is 11.8 Å². The second-order valence-corrected chi connectivity index (χ2v) is 7.31. The maximum atomic E-state index is 6.35. The fourth-order valence-electron chi connectivity index (χ4n) is 3.08. The molecule has 0 bridgehead atoms. The third-order valence-corrected chi connectivity index (χ3v) is 5.73. The summed E-state index contributed by atoms with van der Waals surface area (Å²) in [6.45, 7) is 2.90. The summed E-state index contributed by atoms with van der Waals surface area (Å²) in [5.74, 6) is 1.67. The second-order valence-electron chi connectivity index (χ2n) is 5.96. The number of benzene rings is 3. The molecule has 0 atom stereocenters. The molecule has 0 fully saturated rings. The van der Waals surface area contributed by atoms with Crippen molar-refractivity contribution in [2.45, 2.75) is 24.4 Å². The fourth-order valence-corrected chi connectivity index (χ4v) is 4.31. The second kappa shape index (κ2) is 7.52. The number of rotatable bonds is 5. The first kappa shape index (κ1) is 17.1. The first-order valence-corrected chi connectivity index (χ1v) is 9.92. The van der Waals surface area contributed by atoms with Gasteiger partial charge in [-0.05, 0) is 35.4 Å². The van der Waals surface area contributed by atoms with Gasteiger partial charge < -0.3 is 4.57 Å². The van der Waals surface area contributed by atoms with E-state index in [-0.39, 0.29) is 0 Å². The molecule has 4 aromatic rings. The Morgan fingerprint density at radius 3 is 2.54 bits per heavy atom. The lowest BCUT2D eigenvalue weighted by Gasteiger charge is -2.09. The summed E-state index contributed by atoms with van der Waals surface area (Å²) in [5.41, 5.74) is 2.22. The van der Waals surface area contributed by atoms with Crippen molar-refractivity contribution in [3.8, 4) is 11.4 Å². The van der Waals surface area contributed by atoms with Gasteiger partial charge in [0, 0.05) is 17.9 Å². The van der Waals surface area contributed by atoms with Crippen LogP contribution in [0.15, 0.2) is 71.9 Å². The van der Waals surface area contributed by atoms with Crippen LogP contribution in [0, 0.1) is 0 Å². The van der Waals surface area contributed by atoms with Crippen LogP contribution in [-0.2, 0) is 12.3 Å². The largest absolute Gasteiger partial charge is 0.302 e. The summed E-state index contributed by atoms with van der Waals surface area (Å²) in [6.07, 6.45) is 0. The van der Waals surface area contributed by atoms with E-state index in [0.717, 1.165) is 28.8 Å². The van der Waals surface area contributed by atoms with E-state index in [0.29, 0.717) is 5.02 Å². The van der Waals surface area contributed by atoms with Crippen molar-refractivity contribution in [1.82, 2.24) is 14.8 Å². The zero-order chi connectivity index (χ0) is 17.9. The minimum Gasteiger partial charge on any atom is -0.302 e. The molecule has 130 valence electrons. The average Bonchev–Trinajstić information content (AvgIpc) is 3.09. The highest BCUT2D eigenvalue weighted by atomic mass is 35.5. The van der Waals surface area contributed by atoms with Gasteiger partial charge in [-0.3, -0.25) is 0 Å². The third-order valence-electron chi connectivity index (χ3n) is 4.38. The number of aromatic nitrogens is 3. The molecule has 0 aliphatic rings. The minimum absolute atomic E-state index is 0.695. The molecule has 0 radical (unpaired) electrons. The van der Waals surface area contributed by atoms with Crippen LogP contribution in [0.4, 0.5) is 0 Å². The summed E-state index contributed by atoms with van der Waals surface area (Å²) >= 11 is 8.05. The van der Waals surface area contributed by atoms with Gasteiger partial charge in [-0.1, -0.05) is 78.0 Å². The van der Waals surface area contributed by atoms with Gasteiger partial charge in [0.25, 0.3) is 0 Å². The van der Waals surface area contributed by atoms with E-state index >= 15 is 0 Å². The minimum atomic E-state index is 0.695. The Bertz CT molecular complexity index is 1050. The number of halogens is 1. The zero-order valence-corrected chi connectivity index (χ0v) is 16.0. The Hall–Kier alpha value is -2.30. The fraction of sp³-hybridized carbons (Fsp3) is 0.143. The predicted molar refractivity (Wildman–Crippen MR) is 110 cm³/mol. The van der Waals surface area contributed by atoms with Crippen LogP contribution in [0.1, 0.15) is 12.5 Å². The lowest BCUT2D eigenvalue weighted by molar-refractivity contribution is 0.687. The van der Waals surface area contributed by atoms with Gasteiger partial charge in [0.15, 0.2) is 11.0 Å². The molecule has 0 aliphatic heterocycles. The van der Waals surface area contributed by atoms with E-state index in [9.17, 15) is 0 Å². The first-order valence-electron chi connectivity index (χ1n) is 8.55.